The van der Waals surface area contributed by atoms with Gasteiger partial charge in [0.05, 0.1) is 37.1 Å². The van der Waals surface area contributed by atoms with Crippen molar-refractivity contribution in [2.75, 3.05) is 13.2 Å². The van der Waals surface area contributed by atoms with Gasteiger partial charge < -0.3 is 34.6 Å². The first-order valence-electron chi connectivity index (χ1n) is 10.2. The Bertz CT molecular complexity index is 679. The summed E-state index contributed by atoms with van der Waals surface area (Å²) in [6, 6.07) is 7.34. The molecule has 0 bridgehead atoms. The van der Waals surface area contributed by atoms with Crippen LogP contribution in [0.15, 0.2) is 36.4 Å². The molecule has 29 heavy (non-hydrogen) atoms. The Kier molecular flexibility index (Phi) is 7.67. The molecule has 0 radical (unpaired) electrons. The van der Waals surface area contributed by atoms with Crippen molar-refractivity contribution in [3.05, 3.63) is 42.0 Å². The van der Waals surface area contributed by atoms with E-state index in [0.29, 0.717) is 12.2 Å². The van der Waals surface area contributed by atoms with Crippen molar-refractivity contribution in [1.29, 1.82) is 0 Å². The van der Waals surface area contributed by atoms with E-state index < -0.39 is 30.5 Å². The minimum absolute atomic E-state index is 0.127. The highest BCUT2D eigenvalue weighted by Crippen LogP contribution is 2.36. The molecule has 2 aliphatic rings. The van der Waals surface area contributed by atoms with Gasteiger partial charge in [-0.3, -0.25) is 0 Å². The zero-order valence-corrected chi connectivity index (χ0v) is 16.8. The Morgan fingerprint density at radius 2 is 1.86 bits per heavy atom. The van der Waals surface area contributed by atoms with E-state index >= 15 is 0 Å². The summed E-state index contributed by atoms with van der Waals surface area (Å²) in [5.41, 5.74) is 1.55. The standard InChI is InChI=1S/C22H32O7/c1-13(9-20-16(24)8-7-14(2)28-20)12-27-18-6-4-3-5-15(18)19-10-17(25)22(26)21(11-23)29-19/h3-6,14,16-17,19-26H,1,7-12H2,2H3/t14-,16?,17?,19?,20?,21?,22?/m0/s1. The van der Waals surface area contributed by atoms with Gasteiger partial charge in [0.25, 0.3) is 0 Å². The van der Waals surface area contributed by atoms with Gasteiger partial charge >= 0.3 is 0 Å². The number of rotatable bonds is 7. The van der Waals surface area contributed by atoms with Crippen LogP contribution < -0.4 is 4.74 Å². The maximum Gasteiger partial charge on any atom is 0.125 e. The summed E-state index contributed by atoms with van der Waals surface area (Å²) < 4.78 is 17.6. The SMILES string of the molecule is C=C(COc1ccccc1C1CC(O)C(O)C(CO)O1)CC1O[C@@H](C)CCC1O. The second kappa shape index (κ2) is 10.0. The Labute approximate surface area is 171 Å². The van der Waals surface area contributed by atoms with Gasteiger partial charge in [-0.05, 0) is 31.4 Å². The Balaban J connectivity index is 1.61. The summed E-state index contributed by atoms with van der Waals surface area (Å²) in [7, 11) is 0. The minimum atomic E-state index is -1.12. The second-order valence-electron chi connectivity index (χ2n) is 8.05. The minimum Gasteiger partial charge on any atom is -0.489 e. The number of aliphatic hydroxyl groups excluding tert-OH is 4. The van der Waals surface area contributed by atoms with Crippen LogP contribution in [-0.2, 0) is 9.47 Å². The molecular formula is C22H32O7. The lowest BCUT2D eigenvalue weighted by molar-refractivity contribution is -0.181. The lowest BCUT2D eigenvalue weighted by atomic mass is 9.93. The molecule has 7 nitrogen and oxygen atoms in total. The molecule has 162 valence electrons. The highest BCUT2D eigenvalue weighted by molar-refractivity contribution is 5.36. The molecule has 0 amide bonds. The maximum atomic E-state index is 10.1. The Hall–Kier alpha value is -1.48. The zero-order chi connectivity index (χ0) is 21.0. The third-order valence-corrected chi connectivity index (χ3v) is 5.64. The van der Waals surface area contributed by atoms with E-state index in [1.807, 2.05) is 31.2 Å². The molecular weight excluding hydrogens is 376 g/mol. The van der Waals surface area contributed by atoms with E-state index in [-0.39, 0.29) is 31.8 Å². The van der Waals surface area contributed by atoms with Crippen molar-refractivity contribution in [2.24, 2.45) is 0 Å². The Morgan fingerprint density at radius 1 is 1.10 bits per heavy atom. The lowest BCUT2D eigenvalue weighted by Crippen LogP contribution is -2.47. The van der Waals surface area contributed by atoms with Gasteiger partial charge in [-0.2, -0.15) is 0 Å². The van der Waals surface area contributed by atoms with Crippen molar-refractivity contribution in [2.45, 2.75) is 75.3 Å². The molecule has 7 heteroatoms. The highest BCUT2D eigenvalue weighted by atomic mass is 16.5. The molecule has 0 aromatic heterocycles. The normalized spacial score (nSPS) is 35.3. The molecule has 0 saturated carbocycles. The Morgan fingerprint density at radius 3 is 2.62 bits per heavy atom. The molecule has 0 aliphatic carbocycles. The molecule has 7 atom stereocenters. The predicted octanol–water partition coefficient (Wildman–Crippen LogP) is 1.48. The van der Waals surface area contributed by atoms with Gasteiger partial charge in [0.2, 0.25) is 0 Å². The summed E-state index contributed by atoms with van der Waals surface area (Å²) in [5, 5.41) is 39.6. The van der Waals surface area contributed by atoms with Crippen LogP contribution in [0.3, 0.4) is 0 Å². The van der Waals surface area contributed by atoms with Crippen molar-refractivity contribution in [1.82, 2.24) is 0 Å². The van der Waals surface area contributed by atoms with Gasteiger partial charge in [0.1, 0.15) is 24.6 Å². The van der Waals surface area contributed by atoms with Crippen molar-refractivity contribution >= 4 is 0 Å². The average Bonchev–Trinajstić information content (AvgIpc) is 2.71. The maximum absolute atomic E-state index is 10.1. The quantitative estimate of drug-likeness (QED) is 0.506. The number of hydrogen-bond donors (Lipinski definition) is 4. The average molecular weight is 408 g/mol. The van der Waals surface area contributed by atoms with Gasteiger partial charge in [-0.1, -0.05) is 24.8 Å². The number of aliphatic hydroxyl groups is 4. The molecule has 2 aliphatic heterocycles. The first-order valence-corrected chi connectivity index (χ1v) is 10.2. The molecule has 1 aromatic rings. The summed E-state index contributed by atoms with van der Waals surface area (Å²) >= 11 is 0. The summed E-state index contributed by atoms with van der Waals surface area (Å²) in [5.74, 6) is 0.595. The zero-order valence-electron chi connectivity index (χ0n) is 16.8. The summed E-state index contributed by atoms with van der Waals surface area (Å²) in [6.07, 6.45) is -1.78. The number of hydrogen-bond acceptors (Lipinski definition) is 7. The van der Waals surface area contributed by atoms with Gasteiger partial charge in [-0.25, -0.2) is 0 Å². The first-order chi connectivity index (χ1) is 13.9. The smallest absolute Gasteiger partial charge is 0.125 e. The molecule has 2 fully saturated rings. The second-order valence-corrected chi connectivity index (χ2v) is 8.05. The molecule has 2 saturated heterocycles. The molecule has 6 unspecified atom stereocenters. The van der Waals surface area contributed by atoms with Gasteiger partial charge in [-0.15, -0.1) is 0 Å². The van der Waals surface area contributed by atoms with Gasteiger partial charge in [0, 0.05) is 18.4 Å². The first kappa shape index (κ1) is 22.2. The van der Waals surface area contributed by atoms with Crippen LogP contribution in [0.4, 0.5) is 0 Å². The molecule has 2 heterocycles. The van der Waals surface area contributed by atoms with Crippen LogP contribution in [0.1, 0.15) is 44.3 Å². The van der Waals surface area contributed by atoms with E-state index in [1.165, 1.54) is 0 Å². The van der Waals surface area contributed by atoms with Gasteiger partial charge in [0.15, 0.2) is 0 Å². The van der Waals surface area contributed by atoms with E-state index in [9.17, 15) is 20.4 Å². The van der Waals surface area contributed by atoms with Crippen LogP contribution in [-0.4, -0.2) is 70.3 Å². The summed E-state index contributed by atoms with van der Waals surface area (Å²) in [4.78, 5) is 0. The molecule has 1 aromatic carbocycles. The monoisotopic (exact) mass is 408 g/mol. The van der Waals surface area contributed by atoms with E-state index in [1.54, 1.807) is 0 Å². The summed E-state index contributed by atoms with van der Waals surface area (Å²) in [6.45, 7) is 5.95. The van der Waals surface area contributed by atoms with Crippen LogP contribution in [0.5, 0.6) is 5.75 Å². The fourth-order valence-electron chi connectivity index (χ4n) is 3.94. The van der Waals surface area contributed by atoms with E-state index in [0.717, 1.165) is 24.0 Å². The highest BCUT2D eigenvalue weighted by Gasteiger charge is 2.38. The van der Waals surface area contributed by atoms with Crippen molar-refractivity contribution in [3.8, 4) is 5.75 Å². The third kappa shape index (κ3) is 5.57. The topological polar surface area (TPSA) is 109 Å². The molecule has 4 N–H and O–H groups in total. The van der Waals surface area contributed by atoms with E-state index in [4.69, 9.17) is 14.2 Å². The van der Waals surface area contributed by atoms with Crippen molar-refractivity contribution < 1.29 is 34.6 Å². The van der Waals surface area contributed by atoms with Crippen LogP contribution in [0, 0.1) is 0 Å². The van der Waals surface area contributed by atoms with Crippen LogP contribution in [0.2, 0.25) is 0 Å². The molecule has 0 spiro atoms. The van der Waals surface area contributed by atoms with Crippen LogP contribution in [0.25, 0.3) is 0 Å². The number of para-hydroxylation sites is 1. The van der Waals surface area contributed by atoms with E-state index in [2.05, 4.69) is 6.58 Å². The third-order valence-electron chi connectivity index (χ3n) is 5.64. The number of ether oxygens (including phenoxy) is 3. The molecule has 3 rings (SSSR count). The predicted molar refractivity (Wildman–Crippen MR) is 107 cm³/mol. The lowest BCUT2D eigenvalue weighted by Gasteiger charge is -2.37. The largest absolute Gasteiger partial charge is 0.489 e. The fourth-order valence-corrected chi connectivity index (χ4v) is 3.94. The van der Waals surface area contributed by atoms with Crippen molar-refractivity contribution in [3.63, 3.8) is 0 Å². The fraction of sp³-hybridized carbons (Fsp3) is 0.636. The van der Waals surface area contributed by atoms with Crippen LogP contribution >= 0.6 is 0 Å². The number of benzene rings is 1.